The predicted octanol–water partition coefficient (Wildman–Crippen LogP) is 1.99. The average Bonchev–Trinajstić information content (AvgIpc) is 2.75. The summed E-state index contributed by atoms with van der Waals surface area (Å²) in [6, 6.07) is 7.90. The number of hydrogen-bond donors (Lipinski definition) is 0. The van der Waals surface area contributed by atoms with Gasteiger partial charge in [-0.1, -0.05) is 18.2 Å². The third-order valence-corrected chi connectivity index (χ3v) is 4.38. The molecule has 2 aliphatic rings. The van der Waals surface area contributed by atoms with Gasteiger partial charge < -0.3 is 0 Å². The zero-order valence-corrected chi connectivity index (χ0v) is 11.5. The highest BCUT2D eigenvalue weighted by Gasteiger charge is 2.42. The van der Waals surface area contributed by atoms with Crippen molar-refractivity contribution in [3.63, 3.8) is 0 Å². The van der Waals surface area contributed by atoms with Gasteiger partial charge >= 0.3 is 0 Å². The maximum Gasteiger partial charge on any atom is 0.242 e. The monoisotopic (exact) mass is 271 g/mol. The highest BCUT2D eigenvalue weighted by molar-refractivity contribution is 5.82. The molecule has 5 nitrogen and oxygen atoms in total. The van der Waals surface area contributed by atoms with E-state index in [-0.39, 0.29) is 5.91 Å². The molecule has 2 fully saturated rings. The fraction of sp³-hybridized carbons (Fsp3) is 0.467. The molecule has 1 saturated carbocycles. The van der Waals surface area contributed by atoms with Crippen LogP contribution in [0.15, 0.2) is 29.3 Å². The van der Waals surface area contributed by atoms with E-state index in [1.54, 1.807) is 18.1 Å². The SMILES string of the molecule is CN1C(=O)CCN1c1ccccc1C1(N=C=O)CCC1. The smallest absolute Gasteiger partial charge is 0.242 e. The van der Waals surface area contributed by atoms with E-state index in [2.05, 4.69) is 4.99 Å². The molecule has 0 aromatic heterocycles. The van der Waals surface area contributed by atoms with E-state index in [0.717, 1.165) is 30.5 Å². The van der Waals surface area contributed by atoms with Crippen LogP contribution in [0.25, 0.3) is 0 Å². The molecule has 0 N–H and O–H groups in total. The van der Waals surface area contributed by atoms with Crippen molar-refractivity contribution in [2.24, 2.45) is 4.99 Å². The Morgan fingerprint density at radius 2 is 2.05 bits per heavy atom. The molecule has 1 aromatic carbocycles. The Balaban J connectivity index is 2.05. The van der Waals surface area contributed by atoms with Crippen molar-refractivity contribution in [2.75, 3.05) is 18.6 Å². The summed E-state index contributed by atoms with van der Waals surface area (Å²) in [6.07, 6.45) is 5.04. The molecule has 5 heteroatoms. The van der Waals surface area contributed by atoms with Crippen LogP contribution < -0.4 is 5.01 Å². The van der Waals surface area contributed by atoms with Gasteiger partial charge in [0.2, 0.25) is 12.0 Å². The molecule has 0 spiro atoms. The van der Waals surface area contributed by atoms with Crippen molar-refractivity contribution in [1.29, 1.82) is 0 Å². The van der Waals surface area contributed by atoms with E-state index >= 15 is 0 Å². The normalized spacial score (nSPS) is 20.6. The van der Waals surface area contributed by atoms with Crippen molar-refractivity contribution in [3.8, 4) is 0 Å². The first kappa shape index (κ1) is 12.9. The molecule has 1 heterocycles. The Morgan fingerprint density at radius 3 is 2.60 bits per heavy atom. The van der Waals surface area contributed by atoms with Crippen molar-refractivity contribution in [1.82, 2.24) is 5.01 Å². The summed E-state index contributed by atoms with van der Waals surface area (Å²) in [6.45, 7) is 0.674. The van der Waals surface area contributed by atoms with Crippen molar-refractivity contribution in [3.05, 3.63) is 29.8 Å². The van der Waals surface area contributed by atoms with E-state index < -0.39 is 5.54 Å². The second-order valence-corrected chi connectivity index (χ2v) is 5.40. The molecule has 1 aromatic rings. The summed E-state index contributed by atoms with van der Waals surface area (Å²) in [7, 11) is 1.78. The molecular formula is C15H17N3O2. The number of hydrazine groups is 1. The van der Waals surface area contributed by atoms with E-state index in [0.29, 0.717) is 13.0 Å². The fourth-order valence-corrected chi connectivity index (χ4v) is 3.06. The molecule has 20 heavy (non-hydrogen) atoms. The molecule has 1 saturated heterocycles. The van der Waals surface area contributed by atoms with Crippen LogP contribution in [0, 0.1) is 0 Å². The number of nitrogens with zero attached hydrogens (tertiary/aromatic N) is 3. The minimum absolute atomic E-state index is 0.112. The highest BCUT2D eigenvalue weighted by atomic mass is 16.2. The number of carbonyl (C=O) groups is 1. The van der Waals surface area contributed by atoms with Gasteiger partial charge in [0.1, 0.15) is 5.54 Å². The van der Waals surface area contributed by atoms with Crippen molar-refractivity contribution >= 4 is 17.7 Å². The van der Waals surface area contributed by atoms with Gasteiger partial charge in [0, 0.05) is 25.6 Å². The van der Waals surface area contributed by atoms with Crippen LogP contribution in [0.4, 0.5) is 5.69 Å². The molecule has 1 aliphatic heterocycles. The topological polar surface area (TPSA) is 53.0 Å². The summed E-state index contributed by atoms with van der Waals surface area (Å²) < 4.78 is 0. The average molecular weight is 271 g/mol. The first-order valence-corrected chi connectivity index (χ1v) is 6.90. The van der Waals surface area contributed by atoms with Gasteiger partial charge in [-0.05, 0) is 25.3 Å². The fourth-order valence-electron chi connectivity index (χ4n) is 3.06. The van der Waals surface area contributed by atoms with E-state index in [1.807, 2.05) is 29.3 Å². The summed E-state index contributed by atoms with van der Waals surface area (Å²) in [5.74, 6) is 0.112. The van der Waals surface area contributed by atoms with Crippen LogP contribution in [0.2, 0.25) is 0 Å². The van der Waals surface area contributed by atoms with Crippen LogP contribution in [-0.4, -0.2) is 30.6 Å². The predicted molar refractivity (Wildman–Crippen MR) is 74.8 cm³/mol. The Kier molecular flexibility index (Phi) is 3.07. The molecule has 0 bridgehead atoms. The largest absolute Gasteiger partial charge is 0.282 e. The van der Waals surface area contributed by atoms with E-state index in [9.17, 15) is 9.59 Å². The lowest BCUT2D eigenvalue weighted by molar-refractivity contribution is -0.126. The number of amides is 1. The molecule has 1 aliphatic carbocycles. The van der Waals surface area contributed by atoms with Crippen LogP contribution in [0.5, 0.6) is 0 Å². The van der Waals surface area contributed by atoms with Gasteiger partial charge in [0.15, 0.2) is 0 Å². The first-order valence-electron chi connectivity index (χ1n) is 6.90. The standard InChI is InChI=1S/C15H17N3O2/c1-17-14(20)7-10-18(17)13-6-3-2-5-12(13)15(16-11-19)8-4-9-15/h2-3,5-6H,4,7-10H2,1H3. The van der Waals surface area contributed by atoms with E-state index in [4.69, 9.17) is 0 Å². The Labute approximate surface area is 117 Å². The molecule has 0 radical (unpaired) electrons. The molecule has 3 rings (SSSR count). The maximum atomic E-state index is 11.7. The Hall–Kier alpha value is -2.13. The van der Waals surface area contributed by atoms with Gasteiger partial charge in [0.05, 0.1) is 5.69 Å². The quantitative estimate of drug-likeness (QED) is 0.624. The number of benzene rings is 1. The zero-order valence-electron chi connectivity index (χ0n) is 11.5. The molecular weight excluding hydrogens is 254 g/mol. The molecule has 0 unspecified atom stereocenters. The number of aliphatic imine (C=N–C) groups is 1. The van der Waals surface area contributed by atoms with Gasteiger partial charge in [-0.3, -0.25) is 14.8 Å². The molecule has 104 valence electrons. The van der Waals surface area contributed by atoms with Crippen LogP contribution in [-0.2, 0) is 15.1 Å². The summed E-state index contributed by atoms with van der Waals surface area (Å²) >= 11 is 0. The van der Waals surface area contributed by atoms with Crippen LogP contribution >= 0.6 is 0 Å². The second kappa shape index (κ2) is 4.76. The first-order chi connectivity index (χ1) is 9.68. The summed E-state index contributed by atoms with van der Waals surface area (Å²) in [4.78, 5) is 26.6. The molecule has 0 atom stereocenters. The second-order valence-electron chi connectivity index (χ2n) is 5.40. The highest BCUT2D eigenvalue weighted by Crippen LogP contribution is 2.48. The van der Waals surface area contributed by atoms with Gasteiger partial charge in [0.25, 0.3) is 0 Å². The Morgan fingerprint density at radius 1 is 1.30 bits per heavy atom. The third-order valence-electron chi connectivity index (χ3n) is 4.38. The van der Waals surface area contributed by atoms with Gasteiger partial charge in [-0.25, -0.2) is 4.79 Å². The number of rotatable bonds is 3. The summed E-state index contributed by atoms with van der Waals surface area (Å²) in [5.41, 5.74) is 1.56. The lowest BCUT2D eigenvalue weighted by Crippen LogP contribution is -2.39. The van der Waals surface area contributed by atoms with Crippen molar-refractivity contribution < 1.29 is 9.59 Å². The third kappa shape index (κ3) is 1.82. The minimum atomic E-state index is -0.440. The van der Waals surface area contributed by atoms with Crippen LogP contribution in [0.1, 0.15) is 31.2 Å². The number of hydrogen-bond acceptors (Lipinski definition) is 4. The number of isocyanates is 1. The van der Waals surface area contributed by atoms with Crippen LogP contribution in [0.3, 0.4) is 0 Å². The number of para-hydroxylation sites is 1. The van der Waals surface area contributed by atoms with Crippen molar-refractivity contribution in [2.45, 2.75) is 31.2 Å². The molecule has 1 amide bonds. The summed E-state index contributed by atoms with van der Waals surface area (Å²) in [5, 5.41) is 3.62. The number of anilines is 1. The minimum Gasteiger partial charge on any atom is -0.282 e. The Bertz CT molecular complexity index is 589. The lowest BCUT2D eigenvalue weighted by Gasteiger charge is -2.40. The number of carbonyl (C=O) groups excluding carboxylic acids is 2. The lowest BCUT2D eigenvalue weighted by atomic mass is 9.71. The van der Waals surface area contributed by atoms with E-state index in [1.165, 1.54) is 0 Å². The maximum absolute atomic E-state index is 11.7. The zero-order chi connectivity index (χ0) is 14.2. The van der Waals surface area contributed by atoms with Gasteiger partial charge in [-0.2, -0.15) is 4.99 Å². The van der Waals surface area contributed by atoms with Gasteiger partial charge in [-0.15, -0.1) is 0 Å².